The predicted molar refractivity (Wildman–Crippen MR) is 192 cm³/mol. The van der Waals surface area contributed by atoms with Gasteiger partial charge in [0.1, 0.15) is 11.9 Å². The number of para-hydroxylation sites is 2. The monoisotopic (exact) mass is 687 g/mol. The number of nitrogens with two attached hydrogens (primary N) is 1. The highest BCUT2D eigenvalue weighted by Crippen LogP contribution is 2.33. The molecule has 12 heteroatoms. The predicted octanol–water partition coefficient (Wildman–Crippen LogP) is 4.81. The zero-order valence-electron chi connectivity index (χ0n) is 29.2. The van der Waals surface area contributed by atoms with E-state index in [1.807, 2.05) is 50.4 Å². The molecule has 0 radical (unpaired) electrons. The summed E-state index contributed by atoms with van der Waals surface area (Å²) in [5, 5.41) is 15.8. The first-order chi connectivity index (χ1) is 24.1. The van der Waals surface area contributed by atoms with Crippen LogP contribution in [0.25, 0.3) is 0 Å². The maximum Gasteiger partial charge on any atom is 0.231 e. The normalized spacial score (nSPS) is 17.6. The zero-order valence-corrected chi connectivity index (χ0v) is 29.2. The quantitative estimate of drug-likeness (QED) is 0.138. The van der Waals surface area contributed by atoms with Crippen LogP contribution in [0.4, 0.5) is 17.1 Å². The van der Waals surface area contributed by atoms with Gasteiger partial charge in [0, 0.05) is 49.6 Å². The van der Waals surface area contributed by atoms with Crippen molar-refractivity contribution in [3.05, 3.63) is 71.8 Å². The van der Waals surface area contributed by atoms with Crippen molar-refractivity contribution in [2.75, 3.05) is 49.9 Å². The Morgan fingerprint density at radius 3 is 2.46 bits per heavy atom. The molecule has 0 spiro atoms. The van der Waals surface area contributed by atoms with Gasteiger partial charge < -0.3 is 40.6 Å². The molecule has 3 amide bonds. The minimum atomic E-state index is -0.357. The molecule has 268 valence electrons. The molecular weight excluding hydrogens is 638 g/mol. The second-order valence-electron chi connectivity index (χ2n) is 13.3. The molecule has 0 fully saturated rings. The van der Waals surface area contributed by atoms with Crippen LogP contribution in [0.2, 0.25) is 0 Å². The number of aliphatic hydroxyl groups is 1. The molecule has 5 rings (SSSR count). The summed E-state index contributed by atoms with van der Waals surface area (Å²) in [6, 6.07) is 18.1. The topological polar surface area (TPSA) is 156 Å². The van der Waals surface area contributed by atoms with E-state index in [0.717, 1.165) is 23.5 Å². The lowest BCUT2D eigenvalue weighted by molar-refractivity contribution is -0.134. The summed E-state index contributed by atoms with van der Waals surface area (Å²) in [6.45, 7) is 5.66. The van der Waals surface area contributed by atoms with E-state index in [-0.39, 0.29) is 55.6 Å². The van der Waals surface area contributed by atoms with E-state index >= 15 is 0 Å². The summed E-state index contributed by atoms with van der Waals surface area (Å²) in [6.07, 6.45) is 2.46. The Morgan fingerprint density at radius 2 is 1.70 bits per heavy atom. The second-order valence-corrected chi connectivity index (χ2v) is 13.3. The number of anilines is 3. The second kappa shape index (κ2) is 17.2. The molecule has 50 heavy (non-hydrogen) atoms. The summed E-state index contributed by atoms with van der Waals surface area (Å²) < 4.78 is 17.7. The van der Waals surface area contributed by atoms with Crippen molar-refractivity contribution in [1.29, 1.82) is 0 Å². The Bertz CT molecular complexity index is 1650. The van der Waals surface area contributed by atoms with Gasteiger partial charge >= 0.3 is 0 Å². The van der Waals surface area contributed by atoms with Crippen LogP contribution in [-0.2, 0) is 27.3 Å². The van der Waals surface area contributed by atoms with Crippen molar-refractivity contribution in [3.8, 4) is 17.2 Å². The van der Waals surface area contributed by atoms with Crippen LogP contribution >= 0.6 is 0 Å². The number of benzene rings is 3. The first kappa shape index (κ1) is 36.5. The smallest absolute Gasteiger partial charge is 0.231 e. The van der Waals surface area contributed by atoms with Crippen LogP contribution in [0.1, 0.15) is 57.1 Å². The highest BCUT2D eigenvalue weighted by atomic mass is 16.7. The summed E-state index contributed by atoms with van der Waals surface area (Å²) in [5.74, 6) is 1.67. The summed E-state index contributed by atoms with van der Waals surface area (Å²) in [7, 11) is 2.03. The SMILES string of the molecule is C[C@H]1CN([C@@H](C)CO)C(=O)Cc2cc(NC(=O)CCCCCC(=O)Nc3ccccc3N)ccc2O[C@H]1CN(C)Cc1ccc2c(c1)OCO2. The van der Waals surface area contributed by atoms with E-state index in [1.165, 1.54) is 0 Å². The van der Waals surface area contributed by atoms with Gasteiger partial charge in [-0.2, -0.15) is 0 Å². The Balaban J connectivity index is 1.19. The van der Waals surface area contributed by atoms with Gasteiger partial charge in [0.2, 0.25) is 24.5 Å². The highest BCUT2D eigenvalue weighted by molar-refractivity contribution is 5.94. The Kier molecular flexibility index (Phi) is 12.6. The first-order valence-corrected chi connectivity index (χ1v) is 17.3. The zero-order chi connectivity index (χ0) is 35.6. The van der Waals surface area contributed by atoms with Crippen molar-refractivity contribution in [3.63, 3.8) is 0 Å². The van der Waals surface area contributed by atoms with E-state index in [9.17, 15) is 19.5 Å². The van der Waals surface area contributed by atoms with E-state index < -0.39 is 0 Å². The molecule has 5 N–H and O–H groups in total. The number of carbonyl (C=O) groups is 3. The Labute approximate surface area is 293 Å². The molecule has 3 aromatic rings. The van der Waals surface area contributed by atoms with Gasteiger partial charge in [-0.3, -0.25) is 19.3 Å². The number of nitrogens with one attached hydrogen (secondary N) is 2. The van der Waals surface area contributed by atoms with E-state index in [0.29, 0.717) is 73.7 Å². The third kappa shape index (κ3) is 9.88. The number of nitrogens with zero attached hydrogens (tertiary/aromatic N) is 2. The average molecular weight is 688 g/mol. The average Bonchev–Trinajstić information content (AvgIpc) is 3.57. The number of amides is 3. The lowest BCUT2D eigenvalue weighted by Crippen LogP contribution is -2.47. The van der Waals surface area contributed by atoms with E-state index in [1.54, 1.807) is 29.2 Å². The Hall–Kier alpha value is -4.81. The minimum absolute atomic E-state index is 0.0416. The van der Waals surface area contributed by atoms with Gasteiger partial charge in [-0.05, 0) is 74.8 Å². The number of hydrogen-bond donors (Lipinski definition) is 4. The number of hydrogen-bond acceptors (Lipinski definition) is 9. The van der Waals surface area contributed by atoms with Gasteiger partial charge in [0.05, 0.1) is 30.4 Å². The fourth-order valence-electron chi connectivity index (χ4n) is 6.24. The number of rotatable bonds is 14. The molecule has 2 aliphatic heterocycles. The maximum absolute atomic E-state index is 13.6. The minimum Gasteiger partial charge on any atom is -0.488 e. The van der Waals surface area contributed by atoms with Crippen LogP contribution in [-0.4, -0.2) is 78.3 Å². The summed E-state index contributed by atoms with van der Waals surface area (Å²) >= 11 is 0. The highest BCUT2D eigenvalue weighted by Gasteiger charge is 2.31. The Morgan fingerprint density at radius 1 is 0.980 bits per heavy atom. The molecule has 0 unspecified atom stereocenters. The first-order valence-electron chi connectivity index (χ1n) is 17.3. The number of carbonyl (C=O) groups excluding carboxylic acids is 3. The van der Waals surface area contributed by atoms with Gasteiger partial charge in [0.25, 0.3) is 0 Å². The fraction of sp³-hybridized carbons (Fsp3) is 0.447. The van der Waals surface area contributed by atoms with E-state index in [2.05, 4.69) is 22.5 Å². The molecule has 0 aliphatic carbocycles. The van der Waals surface area contributed by atoms with Crippen LogP contribution in [0, 0.1) is 5.92 Å². The van der Waals surface area contributed by atoms with Crippen molar-refractivity contribution in [2.24, 2.45) is 5.92 Å². The molecule has 0 bridgehead atoms. The number of ether oxygens (including phenoxy) is 3. The number of aliphatic hydroxyl groups excluding tert-OH is 1. The molecule has 0 saturated carbocycles. The number of unbranched alkanes of at least 4 members (excludes halogenated alkanes) is 2. The lowest BCUT2D eigenvalue weighted by Gasteiger charge is -2.34. The maximum atomic E-state index is 13.6. The van der Waals surface area contributed by atoms with Crippen LogP contribution in [0.3, 0.4) is 0 Å². The van der Waals surface area contributed by atoms with Crippen LogP contribution in [0.5, 0.6) is 17.2 Å². The largest absolute Gasteiger partial charge is 0.488 e. The lowest BCUT2D eigenvalue weighted by atomic mass is 10.0. The summed E-state index contributed by atoms with van der Waals surface area (Å²) in [4.78, 5) is 42.6. The standard InChI is InChI=1S/C38H49N5O7/c1-25-20-43(26(2)23-44)38(47)19-28-18-29(40-36(45)11-5-4-6-12-37(46)41-31-10-8-7-9-30(31)39)14-16-32(28)50-35(25)22-42(3)21-27-13-15-33-34(17-27)49-24-48-33/h7-10,13-18,25-26,35,44H,4-6,11-12,19-24,39H2,1-3H3,(H,40,45)(H,41,46)/t25-,26-,35-/m0/s1. The molecule has 12 nitrogen and oxygen atoms in total. The molecule has 3 atom stereocenters. The third-order valence-electron chi connectivity index (χ3n) is 9.12. The number of likely N-dealkylation sites (N-methyl/N-ethyl adjacent to an activating group) is 1. The van der Waals surface area contributed by atoms with E-state index in [4.69, 9.17) is 19.9 Å². The van der Waals surface area contributed by atoms with Gasteiger partial charge in [-0.1, -0.05) is 31.5 Å². The van der Waals surface area contributed by atoms with Crippen LogP contribution < -0.4 is 30.6 Å². The summed E-state index contributed by atoms with van der Waals surface area (Å²) in [5.41, 5.74) is 9.34. The van der Waals surface area contributed by atoms with Crippen molar-refractivity contribution in [1.82, 2.24) is 9.80 Å². The molecular formula is C38H49N5O7. The van der Waals surface area contributed by atoms with Gasteiger partial charge in [0.15, 0.2) is 11.5 Å². The number of fused-ring (bicyclic) bond motifs is 2. The number of nitrogen functional groups attached to an aromatic ring is 1. The fourth-order valence-corrected chi connectivity index (χ4v) is 6.24. The van der Waals surface area contributed by atoms with Crippen molar-refractivity contribution < 1.29 is 33.7 Å². The van der Waals surface area contributed by atoms with Crippen LogP contribution in [0.15, 0.2) is 60.7 Å². The molecule has 0 saturated heterocycles. The molecule has 2 heterocycles. The molecule has 0 aromatic heterocycles. The molecule has 2 aliphatic rings. The molecule has 3 aromatic carbocycles. The van der Waals surface area contributed by atoms with Crippen molar-refractivity contribution >= 4 is 34.8 Å². The van der Waals surface area contributed by atoms with Gasteiger partial charge in [-0.25, -0.2) is 0 Å². The van der Waals surface area contributed by atoms with Crippen molar-refractivity contribution in [2.45, 2.75) is 71.1 Å². The van der Waals surface area contributed by atoms with Gasteiger partial charge in [-0.15, -0.1) is 0 Å². The third-order valence-corrected chi connectivity index (χ3v) is 9.12.